The summed E-state index contributed by atoms with van der Waals surface area (Å²) in [6.07, 6.45) is 0.713. The number of aliphatic hydroxyl groups excluding tert-OH is 1. The Kier molecular flexibility index (Phi) is 6.89. The van der Waals surface area contributed by atoms with Crippen molar-refractivity contribution >= 4 is 0 Å². The molecule has 1 aromatic carbocycles. The molecule has 0 heterocycles. The maximum absolute atomic E-state index is 10.3. The highest BCUT2D eigenvalue weighted by Crippen LogP contribution is 2.20. The second-order valence-corrected chi connectivity index (χ2v) is 5.16. The predicted octanol–water partition coefficient (Wildman–Crippen LogP) is 3.10. The number of rotatable bonds is 8. The molecule has 1 rings (SSSR count). The van der Waals surface area contributed by atoms with E-state index >= 15 is 0 Å². The molecule has 0 bridgehead atoms. The molecule has 0 aliphatic rings. The number of nitrogens with zero attached hydrogens (tertiary/aromatic N) is 1. The normalized spacial score (nSPS) is 14.4. The molecular weight excluding hydrogens is 238 g/mol. The van der Waals surface area contributed by atoms with Crippen LogP contribution in [0.5, 0.6) is 5.75 Å². The summed E-state index contributed by atoms with van der Waals surface area (Å²) >= 11 is 0. The first-order chi connectivity index (χ1) is 9.10. The third-order valence-electron chi connectivity index (χ3n) is 3.62. The smallest absolute Gasteiger partial charge is 0.119 e. The molecule has 0 amide bonds. The van der Waals surface area contributed by atoms with Crippen molar-refractivity contribution in [3.63, 3.8) is 0 Å². The Morgan fingerprint density at radius 1 is 1.26 bits per heavy atom. The van der Waals surface area contributed by atoms with Crippen LogP contribution in [0, 0.1) is 5.92 Å². The zero-order valence-corrected chi connectivity index (χ0v) is 12.6. The molecule has 0 saturated carbocycles. The molecule has 0 aliphatic carbocycles. The van der Waals surface area contributed by atoms with Gasteiger partial charge in [-0.25, -0.2) is 0 Å². The zero-order chi connectivity index (χ0) is 14.3. The second-order valence-electron chi connectivity index (χ2n) is 5.16. The lowest BCUT2D eigenvalue weighted by Crippen LogP contribution is -2.32. The summed E-state index contributed by atoms with van der Waals surface area (Å²) in [5, 5.41) is 10.3. The number of likely N-dealkylation sites (N-methyl/N-ethyl adjacent to an activating group) is 1. The van der Waals surface area contributed by atoms with E-state index in [1.807, 2.05) is 24.3 Å². The van der Waals surface area contributed by atoms with Gasteiger partial charge < -0.3 is 14.7 Å². The lowest BCUT2D eigenvalue weighted by atomic mass is 10.1. The topological polar surface area (TPSA) is 32.7 Å². The van der Waals surface area contributed by atoms with Crippen molar-refractivity contribution in [2.45, 2.75) is 33.3 Å². The lowest BCUT2D eigenvalue weighted by Gasteiger charge is -2.26. The average molecular weight is 265 g/mol. The van der Waals surface area contributed by atoms with Gasteiger partial charge in [0.15, 0.2) is 0 Å². The molecule has 2 unspecified atom stereocenters. The summed E-state index contributed by atoms with van der Waals surface area (Å²) in [6, 6.07) is 7.67. The van der Waals surface area contributed by atoms with Gasteiger partial charge in [-0.15, -0.1) is 0 Å². The number of ether oxygens (including phenoxy) is 1. The van der Waals surface area contributed by atoms with Crippen LogP contribution in [-0.2, 0) is 0 Å². The minimum absolute atomic E-state index is 0.459. The van der Waals surface area contributed by atoms with Crippen molar-refractivity contribution in [1.82, 2.24) is 4.90 Å². The minimum atomic E-state index is -0.459. The molecule has 0 radical (unpaired) electrons. The molecule has 2 atom stereocenters. The van der Waals surface area contributed by atoms with Crippen LogP contribution >= 0.6 is 0 Å². The van der Waals surface area contributed by atoms with Crippen molar-refractivity contribution in [2.24, 2.45) is 5.92 Å². The van der Waals surface area contributed by atoms with Gasteiger partial charge >= 0.3 is 0 Å². The Morgan fingerprint density at radius 3 is 2.58 bits per heavy atom. The Hall–Kier alpha value is -1.06. The van der Waals surface area contributed by atoms with E-state index in [1.54, 1.807) is 7.11 Å². The van der Waals surface area contributed by atoms with Crippen molar-refractivity contribution in [2.75, 3.05) is 26.7 Å². The molecule has 0 fully saturated rings. The molecule has 0 aliphatic heterocycles. The van der Waals surface area contributed by atoms with Crippen molar-refractivity contribution < 1.29 is 9.84 Å². The van der Waals surface area contributed by atoms with Crippen LogP contribution in [0.15, 0.2) is 24.3 Å². The molecule has 108 valence electrons. The highest BCUT2D eigenvalue weighted by Gasteiger charge is 2.14. The lowest BCUT2D eigenvalue weighted by molar-refractivity contribution is 0.107. The maximum atomic E-state index is 10.3. The highest BCUT2D eigenvalue weighted by atomic mass is 16.5. The zero-order valence-electron chi connectivity index (χ0n) is 12.6. The van der Waals surface area contributed by atoms with E-state index in [0.717, 1.165) is 24.4 Å². The largest absolute Gasteiger partial charge is 0.497 e. The fourth-order valence-electron chi connectivity index (χ4n) is 2.10. The first kappa shape index (κ1) is 16.0. The number of benzene rings is 1. The molecule has 1 N–H and O–H groups in total. The summed E-state index contributed by atoms with van der Waals surface area (Å²) in [5.41, 5.74) is 0.918. The van der Waals surface area contributed by atoms with Gasteiger partial charge in [0.25, 0.3) is 0 Å². The van der Waals surface area contributed by atoms with Gasteiger partial charge in [-0.1, -0.05) is 39.3 Å². The second kappa shape index (κ2) is 8.18. The van der Waals surface area contributed by atoms with Crippen LogP contribution in [0.2, 0.25) is 0 Å². The number of aliphatic hydroxyl groups is 1. The Bertz CT molecular complexity index is 368. The fraction of sp³-hybridized carbons (Fsp3) is 0.625. The van der Waals surface area contributed by atoms with E-state index in [1.165, 1.54) is 6.42 Å². The Labute approximate surface area is 117 Å². The van der Waals surface area contributed by atoms with Gasteiger partial charge in [0.1, 0.15) is 5.75 Å². The van der Waals surface area contributed by atoms with Gasteiger partial charge in [0, 0.05) is 13.1 Å². The third kappa shape index (κ3) is 5.21. The standard InChI is InChI=1S/C16H27NO2/c1-5-13(3)11-17(6-2)12-16(18)14-8-7-9-15(10-14)19-4/h7-10,13,16,18H,5-6,11-12H2,1-4H3. The van der Waals surface area contributed by atoms with Crippen molar-refractivity contribution in [3.8, 4) is 5.75 Å². The van der Waals surface area contributed by atoms with E-state index in [4.69, 9.17) is 4.74 Å². The highest BCUT2D eigenvalue weighted by molar-refractivity contribution is 5.29. The summed E-state index contributed by atoms with van der Waals surface area (Å²) in [6.45, 7) is 9.27. The number of methoxy groups -OCH3 is 1. The van der Waals surface area contributed by atoms with Gasteiger partial charge in [-0.05, 0) is 30.2 Å². The average Bonchev–Trinajstić information content (AvgIpc) is 2.46. The van der Waals surface area contributed by atoms with E-state index in [-0.39, 0.29) is 0 Å². The molecule has 0 aromatic heterocycles. The SMILES string of the molecule is CCC(C)CN(CC)CC(O)c1cccc(OC)c1. The van der Waals surface area contributed by atoms with Crippen LogP contribution in [-0.4, -0.2) is 36.8 Å². The quantitative estimate of drug-likeness (QED) is 0.784. The maximum Gasteiger partial charge on any atom is 0.119 e. The summed E-state index contributed by atoms with van der Waals surface area (Å²) in [5.74, 6) is 1.46. The monoisotopic (exact) mass is 265 g/mol. The van der Waals surface area contributed by atoms with Crippen molar-refractivity contribution in [3.05, 3.63) is 29.8 Å². The minimum Gasteiger partial charge on any atom is -0.497 e. The number of hydrogen-bond donors (Lipinski definition) is 1. The van der Waals surface area contributed by atoms with Crippen molar-refractivity contribution in [1.29, 1.82) is 0 Å². The van der Waals surface area contributed by atoms with Crippen LogP contribution in [0.3, 0.4) is 0 Å². The summed E-state index contributed by atoms with van der Waals surface area (Å²) in [4.78, 5) is 2.30. The first-order valence-electron chi connectivity index (χ1n) is 7.15. The Morgan fingerprint density at radius 2 is 2.00 bits per heavy atom. The van der Waals surface area contributed by atoms with Gasteiger partial charge in [0.05, 0.1) is 13.2 Å². The Balaban J connectivity index is 2.62. The van der Waals surface area contributed by atoms with E-state index in [9.17, 15) is 5.11 Å². The molecular formula is C16H27NO2. The molecule has 19 heavy (non-hydrogen) atoms. The van der Waals surface area contributed by atoms with Gasteiger partial charge in [0.2, 0.25) is 0 Å². The number of hydrogen-bond acceptors (Lipinski definition) is 3. The van der Waals surface area contributed by atoms with Crippen LogP contribution in [0.4, 0.5) is 0 Å². The molecule has 3 heteroatoms. The van der Waals surface area contributed by atoms with Crippen LogP contribution in [0.25, 0.3) is 0 Å². The van der Waals surface area contributed by atoms with Crippen LogP contribution < -0.4 is 4.74 Å². The molecule has 3 nitrogen and oxygen atoms in total. The van der Waals surface area contributed by atoms with E-state index in [0.29, 0.717) is 12.5 Å². The van der Waals surface area contributed by atoms with Gasteiger partial charge in [-0.2, -0.15) is 0 Å². The summed E-state index contributed by atoms with van der Waals surface area (Å²) in [7, 11) is 1.65. The molecule has 0 saturated heterocycles. The summed E-state index contributed by atoms with van der Waals surface area (Å²) < 4.78 is 5.19. The van der Waals surface area contributed by atoms with Crippen LogP contribution in [0.1, 0.15) is 38.9 Å². The molecule has 1 aromatic rings. The van der Waals surface area contributed by atoms with E-state index in [2.05, 4.69) is 25.7 Å². The third-order valence-corrected chi connectivity index (χ3v) is 3.62. The first-order valence-corrected chi connectivity index (χ1v) is 7.15. The predicted molar refractivity (Wildman–Crippen MR) is 79.5 cm³/mol. The molecule has 0 spiro atoms. The fourth-order valence-corrected chi connectivity index (χ4v) is 2.10. The van der Waals surface area contributed by atoms with E-state index < -0.39 is 6.10 Å². The van der Waals surface area contributed by atoms with Gasteiger partial charge in [-0.3, -0.25) is 0 Å².